The first-order valence-corrected chi connectivity index (χ1v) is 18.2. The van der Waals surface area contributed by atoms with Gasteiger partial charge in [0.2, 0.25) is 0 Å². The number of alkyl carbamates (subject to hydrolysis) is 1. The van der Waals surface area contributed by atoms with Crippen LogP contribution in [0.5, 0.6) is 0 Å². The lowest BCUT2D eigenvalue weighted by atomic mass is 10.0. The first-order valence-electron chi connectivity index (χ1n) is 18.2. The van der Waals surface area contributed by atoms with Crippen LogP contribution in [0.25, 0.3) is 0 Å². The first kappa shape index (κ1) is 42.1. The summed E-state index contributed by atoms with van der Waals surface area (Å²) in [6.07, 6.45) is 24.3. The van der Waals surface area contributed by atoms with E-state index in [1.807, 2.05) is 0 Å². The van der Waals surface area contributed by atoms with Gasteiger partial charge < -0.3 is 29.7 Å². The van der Waals surface area contributed by atoms with Gasteiger partial charge in [-0.2, -0.15) is 0 Å². The second-order valence-electron chi connectivity index (χ2n) is 13.5. The van der Waals surface area contributed by atoms with Crippen molar-refractivity contribution < 1.29 is 29.2 Å². The van der Waals surface area contributed by atoms with Crippen molar-refractivity contribution in [2.75, 3.05) is 39.6 Å². The Morgan fingerprint density at radius 3 is 1.44 bits per heavy atom. The molecule has 7 heteroatoms. The number of ether oxygens (including phenoxy) is 3. The molecule has 0 heterocycles. The van der Waals surface area contributed by atoms with E-state index in [0.717, 1.165) is 50.7 Å². The van der Waals surface area contributed by atoms with E-state index in [9.17, 15) is 9.90 Å². The third-order valence-corrected chi connectivity index (χ3v) is 8.03. The molecule has 0 rings (SSSR count). The maximum absolute atomic E-state index is 12.2. The summed E-state index contributed by atoms with van der Waals surface area (Å²) in [6.45, 7) is 11.4. The molecule has 43 heavy (non-hydrogen) atoms. The van der Waals surface area contributed by atoms with Gasteiger partial charge in [-0.1, -0.05) is 130 Å². The Kier molecular flexibility index (Phi) is 31.8. The van der Waals surface area contributed by atoms with Crippen molar-refractivity contribution in [1.29, 1.82) is 0 Å². The highest BCUT2D eigenvalue weighted by atomic mass is 16.6. The van der Waals surface area contributed by atoms with Crippen LogP contribution in [0.4, 0.5) is 4.79 Å². The highest BCUT2D eigenvalue weighted by Gasteiger charge is 2.15. The average molecular weight is 616 g/mol. The first-order chi connectivity index (χ1) is 20.8. The summed E-state index contributed by atoms with van der Waals surface area (Å²) in [5.41, 5.74) is 0. The summed E-state index contributed by atoms with van der Waals surface area (Å²) in [6, 6.07) is -0.0707. The summed E-state index contributed by atoms with van der Waals surface area (Å²) in [5, 5.41) is 21.3. The van der Waals surface area contributed by atoms with Crippen LogP contribution in [-0.4, -0.2) is 68.1 Å². The standard InChI is InChI=1S/C36H73NO6/c1-32(2)22-17-13-9-5-7-11-15-19-26-41-28-21-24-34(37-36(40)43-31-35(39)30-38)25-29-42-27-20-16-12-8-6-10-14-18-23-33(3)4/h32-35,38-39H,5-31H2,1-4H3,(H,37,40). The van der Waals surface area contributed by atoms with Crippen molar-refractivity contribution >= 4 is 6.09 Å². The molecule has 0 spiro atoms. The van der Waals surface area contributed by atoms with Crippen molar-refractivity contribution in [3.63, 3.8) is 0 Å². The van der Waals surface area contributed by atoms with E-state index in [1.165, 1.54) is 103 Å². The zero-order valence-electron chi connectivity index (χ0n) is 28.9. The Balaban J connectivity index is 3.92. The van der Waals surface area contributed by atoms with Gasteiger partial charge in [-0.05, 0) is 43.9 Å². The van der Waals surface area contributed by atoms with Crippen LogP contribution in [0.15, 0.2) is 0 Å². The molecule has 2 atom stereocenters. The second-order valence-corrected chi connectivity index (χ2v) is 13.5. The molecule has 1 amide bonds. The second kappa shape index (κ2) is 32.5. The number of amides is 1. The maximum atomic E-state index is 12.2. The van der Waals surface area contributed by atoms with E-state index in [1.54, 1.807) is 0 Å². The van der Waals surface area contributed by atoms with Crippen molar-refractivity contribution in [3.8, 4) is 0 Å². The molecule has 0 saturated heterocycles. The monoisotopic (exact) mass is 616 g/mol. The minimum Gasteiger partial charge on any atom is -0.447 e. The molecule has 0 saturated carbocycles. The van der Waals surface area contributed by atoms with Crippen LogP contribution < -0.4 is 5.32 Å². The zero-order valence-corrected chi connectivity index (χ0v) is 28.9. The average Bonchev–Trinajstić information content (AvgIpc) is 2.97. The summed E-state index contributed by atoms with van der Waals surface area (Å²) in [4.78, 5) is 12.2. The van der Waals surface area contributed by atoms with Gasteiger partial charge in [0, 0.05) is 32.5 Å². The molecule has 0 aromatic carbocycles. The van der Waals surface area contributed by atoms with E-state index in [-0.39, 0.29) is 12.6 Å². The number of unbranched alkanes of at least 4 members (excludes halogenated alkanes) is 14. The summed E-state index contributed by atoms with van der Waals surface area (Å²) < 4.78 is 16.8. The Labute approximate surface area is 266 Å². The van der Waals surface area contributed by atoms with Gasteiger partial charge in [-0.15, -0.1) is 0 Å². The molecular formula is C36H73NO6. The molecule has 3 N–H and O–H groups in total. The SMILES string of the molecule is CC(C)CCCCCCCCCCOCCCC(CCOCCCCCCCCCCC(C)C)NC(=O)OCC(O)CO. The normalized spacial score (nSPS) is 13.1. The van der Waals surface area contributed by atoms with E-state index in [2.05, 4.69) is 33.0 Å². The largest absolute Gasteiger partial charge is 0.447 e. The van der Waals surface area contributed by atoms with Crippen LogP contribution in [0, 0.1) is 11.8 Å². The molecule has 0 aromatic rings. The molecule has 0 fully saturated rings. The van der Waals surface area contributed by atoms with Gasteiger partial charge in [0.15, 0.2) is 0 Å². The van der Waals surface area contributed by atoms with Crippen LogP contribution in [0.1, 0.15) is 163 Å². The molecular weight excluding hydrogens is 542 g/mol. The van der Waals surface area contributed by atoms with E-state index >= 15 is 0 Å². The maximum Gasteiger partial charge on any atom is 0.407 e. The molecule has 0 aliphatic rings. The molecule has 258 valence electrons. The van der Waals surface area contributed by atoms with Crippen molar-refractivity contribution in [1.82, 2.24) is 5.32 Å². The molecule has 0 aromatic heterocycles. The summed E-state index contributed by atoms with van der Waals surface area (Å²) in [5.74, 6) is 1.66. The number of hydrogen-bond donors (Lipinski definition) is 3. The van der Waals surface area contributed by atoms with Gasteiger partial charge in [0.1, 0.15) is 12.7 Å². The molecule has 0 bridgehead atoms. The molecule has 0 aliphatic heterocycles. The fourth-order valence-corrected chi connectivity index (χ4v) is 5.22. The smallest absolute Gasteiger partial charge is 0.407 e. The zero-order chi connectivity index (χ0) is 31.8. The van der Waals surface area contributed by atoms with Crippen molar-refractivity contribution in [2.24, 2.45) is 11.8 Å². The Morgan fingerprint density at radius 1 is 0.558 bits per heavy atom. The molecule has 0 aliphatic carbocycles. The number of carbonyl (C=O) groups excluding carboxylic acids is 1. The van der Waals surface area contributed by atoms with E-state index in [4.69, 9.17) is 19.3 Å². The Bertz CT molecular complexity index is 574. The fraction of sp³-hybridized carbons (Fsp3) is 0.972. The third-order valence-electron chi connectivity index (χ3n) is 8.03. The molecule has 7 nitrogen and oxygen atoms in total. The lowest BCUT2D eigenvalue weighted by Crippen LogP contribution is -2.38. The number of aliphatic hydroxyl groups is 2. The van der Waals surface area contributed by atoms with Crippen LogP contribution in [0.3, 0.4) is 0 Å². The molecule has 0 radical (unpaired) electrons. The van der Waals surface area contributed by atoms with Crippen LogP contribution in [-0.2, 0) is 14.2 Å². The Hall–Kier alpha value is -0.890. The molecule has 2 unspecified atom stereocenters. The number of aliphatic hydroxyl groups excluding tert-OH is 2. The lowest BCUT2D eigenvalue weighted by Gasteiger charge is -2.19. The highest BCUT2D eigenvalue weighted by molar-refractivity contribution is 5.67. The number of hydrogen-bond acceptors (Lipinski definition) is 6. The topological polar surface area (TPSA) is 97.3 Å². The minimum absolute atomic E-state index is 0.0707. The van der Waals surface area contributed by atoms with Crippen molar-refractivity contribution in [3.05, 3.63) is 0 Å². The quantitative estimate of drug-likeness (QED) is 0.0638. The van der Waals surface area contributed by atoms with E-state index < -0.39 is 18.8 Å². The predicted molar refractivity (Wildman–Crippen MR) is 180 cm³/mol. The lowest BCUT2D eigenvalue weighted by molar-refractivity contribution is 0.0304. The third kappa shape index (κ3) is 33.8. The number of carbonyl (C=O) groups is 1. The number of nitrogens with one attached hydrogen (secondary N) is 1. The minimum atomic E-state index is -1.06. The number of rotatable bonds is 33. The van der Waals surface area contributed by atoms with Crippen LogP contribution >= 0.6 is 0 Å². The highest BCUT2D eigenvalue weighted by Crippen LogP contribution is 2.14. The van der Waals surface area contributed by atoms with Gasteiger partial charge >= 0.3 is 6.09 Å². The van der Waals surface area contributed by atoms with Gasteiger partial charge in [0.05, 0.1) is 6.61 Å². The fourth-order valence-electron chi connectivity index (χ4n) is 5.22. The van der Waals surface area contributed by atoms with Crippen molar-refractivity contribution in [2.45, 2.75) is 175 Å². The summed E-state index contributed by atoms with van der Waals surface area (Å²) >= 11 is 0. The van der Waals surface area contributed by atoms with Gasteiger partial charge in [-0.25, -0.2) is 4.79 Å². The Morgan fingerprint density at radius 2 is 0.977 bits per heavy atom. The van der Waals surface area contributed by atoms with E-state index in [0.29, 0.717) is 19.6 Å². The van der Waals surface area contributed by atoms with Crippen LogP contribution in [0.2, 0.25) is 0 Å². The van der Waals surface area contributed by atoms with Gasteiger partial charge in [-0.3, -0.25) is 0 Å². The van der Waals surface area contributed by atoms with Gasteiger partial charge in [0.25, 0.3) is 0 Å². The summed E-state index contributed by atoms with van der Waals surface area (Å²) in [7, 11) is 0. The predicted octanol–water partition coefficient (Wildman–Crippen LogP) is 8.97.